The Kier molecular flexibility index (Phi) is 5.74. The Labute approximate surface area is 164 Å². The highest BCUT2D eigenvalue weighted by Gasteiger charge is 2.19. The van der Waals surface area contributed by atoms with Crippen molar-refractivity contribution in [3.8, 4) is 0 Å². The molecule has 126 valence electrons. The van der Waals surface area contributed by atoms with E-state index in [-0.39, 0.29) is 5.91 Å². The molecule has 0 aliphatic heterocycles. The third-order valence-corrected chi connectivity index (χ3v) is 4.53. The average molecular weight is 436 g/mol. The molecular weight excluding hydrogens is 423 g/mol. The summed E-state index contributed by atoms with van der Waals surface area (Å²) < 4.78 is 0.863. The number of aromatic nitrogens is 1. The zero-order valence-corrected chi connectivity index (χ0v) is 16.0. The molecule has 1 unspecified atom stereocenters. The van der Waals surface area contributed by atoms with Crippen LogP contribution in [0, 0.1) is 0 Å². The van der Waals surface area contributed by atoms with Crippen molar-refractivity contribution in [1.82, 2.24) is 10.3 Å². The quantitative estimate of drug-likeness (QED) is 0.573. The summed E-state index contributed by atoms with van der Waals surface area (Å²) in [7, 11) is 0. The maximum Gasteiger partial charge on any atom is 0.252 e. The molecule has 3 aromatic rings. The van der Waals surface area contributed by atoms with Crippen LogP contribution in [0.2, 0.25) is 10.0 Å². The van der Waals surface area contributed by atoms with Crippen LogP contribution in [0.3, 0.4) is 0 Å². The summed E-state index contributed by atoms with van der Waals surface area (Å²) in [5.74, 6) is -0.239. The first-order valence-corrected chi connectivity index (χ1v) is 9.01. The summed E-state index contributed by atoms with van der Waals surface area (Å²) in [5, 5.41) is 4.11. The number of carbonyl (C=O) groups excluding carboxylic acids is 1. The molecule has 0 radical (unpaired) electrons. The first-order chi connectivity index (χ1) is 12.0. The van der Waals surface area contributed by atoms with Crippen LogP contribution in [0.5, 0.6) is 0 Å². The fraction of sp³-hybridized carbons (Fsp3) is 0.0526. The minimum Gasteiger partial charge on any atom is -0.340 e. The molecule has 0 aliphatic carbocycles. The summed E-state index contributed by atoms with van der Waals surface area (Å²) in [6.07, 6.45) is 1.69. The van der Waals surface area contributed by atoms with Gasteiger partial charge in [-0.15, -0.1) is 0 Å². The maximum absolute atomic E-state index is 12.7. The third kappa shape index (κ3) is 4.60. The van der Waals surface area contributed by atoms with Gasteiger partial charge in [-0.3, -0.25) is 9.78 Å². The highest BCUT2D eigenvalue weighted by Crippen LogP contribution is 2.25. The van der Waals surface area contributed by atoms with Gasteiger partial charge >= 0.3 is 0 Å². The first-order valence-electron chi connectivity index (χ1n) is 7.46. The van der Waals surface area contributed by atoms with Crippen LogP contribution >= 0.6 is 39.1 Å². The van der Waals surface area contributed by atoms with Crippen LogP contribution < -0.4 is 5.32 Å². The summed E-state index contributed by atoms with van der Waals surface area (Å²) in [6, 6.07) is 17.5. The van der Waals surface area contributed by atoms with Crippen LogP contribution in [0.4, 0.5) is 0 Å². The summed E-state index contributed by atoms with van der Waals surface area (Å²) >= 11 is 15.5. The molecule has 1 heterocycles. The number of benzene rings is 2. The van der Waals surface area contributed by atoms with Gasteiger partial charge in [0.05, 0.1) is 11.7 Å². The number of pyridine rings is 1. The number of amides is 1. The van der Waals surface area contributed by atoms with Crippen molar-refractivity contribution in [3.63, 3.8) is 0 Å². The Balaban J connectivity index is 1.96. The summed E-state index contributed by atoms with van der Waals surface area (Å²) in [5.41, 5.74) is 2.04. The van der Waals surface area contributed by atoms with Gasteiger partial charge in [-0.1, -0.05) is 41.4 Å². The second-order valence-corrected chi connectivity index (χ2v) is 7.16. The van der Waals surface area contributed by atoms with E-state index in [1.807, 2.05) is 30.3 Å². The van der Waals surface area contributed by atoms with E-state index in [4.69, 9.17) is 23.2 Å². The molecule has 6 heteroatoms. The predicted molar refractivity (Wildman–Crippen MR) is 104 cm³/mol. The molecule has 1 amide bonds. The lowest BCUT2D eigenvalue weighted by atomic mass is 10.0. The van der Waals surface area contributed by atoms with E-state index < -0.39 is 6.04 Å². The van der Waals surface area contributed by atoms with E-state index >= 15 is 0 Å². The lowest BCUT2D eigenvalue weighted by Crippen LogP contribution is -2.30. The van der Waals surface area contributed by atoms with Crippen molar-refractivity contribution in [2.24, 2.45) is 0 Å². The van der Waals surface area contributed by atoms with Gasteiger partial charge in [0.2, 0.25) is 0 Å². The van der Waals surface area contributed by atoms with Crippen molar-refractivity contribution in [1.29, 1.82) is 0 Å². The number of carbonyl (C=O) groups is 1. The van der Waals surface area contributed by atoms with E-state index in [1.165, 1.54) is 0 Å². The smallest absolute Gasteiger partial charge is 0.252 e. The topological polar surface area (TPSA) is 42.0 Å². The summed E-state index contributed by atoms with van der Waals surface area (Å²) in [6.45, 7) is 0. The van der Waals surface area contributed by atoms with E-state index in [2.05, 4.69) is 26.2 Å². The molecule has 2 aromatic carbocycles. The number of hydrogen-bond donors (Lipinski definition) is 1. The Morgan fingerprint density at radius 1 is 1.00 bits per heavy atom. The number of nitrogens with one attached hydrogen (secondary N) is 1. The molecule has 0 spiro atoms. The lowest BCUT2D eigenvalue weighted by molar-refractivity contribution is 0.0942. The molecule has 1 N–H and O–H groups in total. The minimum atomic E-state index is -0.432. The van der Waals surface area contributed by atoms with Gasteiger partial charge < -0.3 is 5.32 Å². The fourth-order valence-corrected chi connectivity index (χ4v) is 3.04. The second-order valence-electron chi connectivity index (χ2n) is 5.37. The van der Waals surface area contributed by atoms with Crippen molar-refractivity contribution >= 4 is 45.0 Å². The van der Waals surface area contributed by atoms with Crippen LogP contribution in [0.1, 0.15) is 27.7 Å². The van der Waals surface area contributed by atoms with E-state index in [9.17, 15) is 4.79 Å². The van der Waals surface area contributed by atoms with Crippen molar-refractivity contribution in [2.45, 2.75) is 6.04 Å². The Morgan fingerprint density at radius 3 is 2.36 bits per heavy atom. The standard InChI is InChI=1S/C19H13BrCl2N2O/c20-14-7-8-17(23-11-14)18(12-3-1-5-15(21)9-12)24-19(25)13-4-2-6-16(22)10-13/h1-11,18H,(H,24,25). The molecule has 0 fully saturated rings. The highest BCUT2D eigenvalue weighted by molar-refractivity contribution is 9.10. The van der Waals surface area contributed by atoms with Crippen molar-refractivity contribution < 1.29 is 4.79 Å². The number of rotatable bonds is 4. The Bertz CT molecular complexity index is 900. The average Bonchev–Trinajstić information content (AvgIpc) is 2.60. The molecule has 0 aliphatic rings. The van der Waals surface area contributed by atoms with E-state index in [0.717, 1.165) is 10.0 Å². The molecule has 3 nitrogen and oxygen atoms in total. The maximum atomic E-state index is 12.7. The van der Waals surface area contributed by atoms with Crippen LogP contribution in [0.25, 0.3) is 0 Å². The molecular formula is C19H13BrCl2N2O. The van der Waals surface area contributed by atoms with Crippen LogP contribution in [-0.2, 0) is 0 Å². The van der Waals surface area contributed by atoms with Crippen LogP contribution in [0.15, 0.2) is 71.3 Å². The van der Waals surface area contributed by atoms with Crippen molar-refractivity contribution in [2.75, 3.05) is 0 Å². The molecule has 25 heavy (non-hydrogen) atoms. The van der Waals surface area contributed by atoms with E-state index in [1.54, 1.807) is 36.5 Å². The first kappa shape index (κ1) is 17.9. The monoisotopic (exact) mass is 434 g/mol. The normalized spacial score (nSPS) is 11.8. The molecule has 0 saturated heterocycles. The van der Waals surface area contributed by atoms with Gasteiger partial charge in [-0.25, -0.2) is 0 Å². The second kappa shape index (κ2) is 8.00. The van der Waals surface area contributed by atoms with Gasteiger partial charge in [0.15, 0.2) is 0 Å². The van der Waals surface area contributed by atoms with Crippen molar-refractivity contribution in [3.05, 3.63) is 98.2 Å². The third-order valence-electron chi connectivity index (χ3n) is 3.59. The van der Waals surface area contributed by atoms with Gasteiger partial charge in [0.1, 0.15) is 0 Å². The van der Waals surface area contributed by atoms with Crippen LogP contribution in [-0.4, -0.2) is 10.9 Å². The van der Waals surface area contributed by atoms with Gasteiger partial charge in [-0.2, -0.15) is 0 Å². The minimum absolute atomic E-state index is 0.239. The van der Waals surface area contributed by atoms with Gasteiger partial charge in [0, 0.05) is 26.3 Å². The lowest BCUT2D eigenvalue weighted by Gasteiger charge is -2.19. The molecule has 0 bridgehead atoms. The molecule has 1 aromatic heterocycles. The fourth-order valence-electron chi connectivity index (χ4n) is 2.42. The number of nitrogens with zero attached hydrogens (tertiary/aromatic N) is 1. The van der Waals surface area contributed by atoms with E-state index in [0.29, 0.717) is 21.3 Å². The number of halogens is 3. The Hall–Kier alpha value is -1.88. The molecule has 1 atom stereocenters. The zero-order valence-electron chi connectivity index (χ0n) is 12.9. The predicted octanol–water partition coefficient (Wildman–Crippen LogP) is 5.67. The molecule has 3 rings (SSSR count). The van der Waals surface area contributed by atoms with Gasteiger partial charge in [0.25, 0.3) is 5.91 Å². The number of hydrogen-bond acceptors (Lipinski definition) is 2. The summed E-state index contributed by atoms with van der Waals surface area (Å²) in [4.78, 5) is 17.1. The Morgan fingerprint density at radius 2 is 1.72 bits per heavy atom. The highest BCUT2D eigenvalue weighted by atomic mass is 79.9. The molecule has 0 saturated carbocycles. The largest absolute Gasteiger partial charge is 0.340 e. The SMILES string of the molecule is O=C(NC(c1cccc(Cl)c1)c1ccc(Br)cn1)c1cccc(Cl)c1. The zero-order chi connectivity index (χ0) is 17.8. The van der Waals surface area contributed by atoms with Gasteiger partial charge in [-0.05, 0) is 64.0 Å².